The molecule has 0 saturated carbocycles. The topological polar surface area (TPSA) is 77.0 Å². The van der Waals surface area contributed by atoms with E-state index in [-0.39, 0.29) is 5.75 Å². The Kier molecular flexibility index (Phi) is 8.18. The van der Waals surface area contributed by atoms with Crippen molar-refractivity contribution in [2.24, 2.45) is 4.99 Å². The Morgan fingerprint density at radius 1 is 1.23 bits per heavy atom. The average molecular weight is 382 g/mol. The Bertz CT molecular complexity index is 663. The summed E-state index contributed by atoms with van der Waals surface area (Å²) in [7, 11) is -1.30. The summed E-state index contributed by atoms with van der Waals surface area (Å²) in [5.41, 5.74) is 1.24. The number of rotatable bonds is 9. The minimum atomic E-state index is -3.02. The summed E-state index contributed by atoms with van der Waals surface area (Å²) in [6.07, 6.45) is 1.72. The predicted octanol–water partition coefficient (Wildman–Crippen LogP) is 1.10. The molecule has 1 aromatic carbocycles. The highest BCUT2D eigenvalue weighted by Crippen LogP contribution is 2.13. The number of sulfonamides is 1. The van der Waals surface area contributed by atoms with Gasteiger partial charge in [0.1, 0.15) is 0 Å². The van der Waals surface area contributed by atoms with Gasteiger partial charge in [0.25, 0.3) is 0 Å². The molecule has 0 amide bonds. The standard InChI is InChI=1S/C18H31N5O2S/c1-3-22(17-9-5-4-6-10-17)13-7-11-20-18(19-2)21-12-15-23-14-8-16-26(23,24)25/h4-6,9-10H,3,7-8,11-16H2,1-2H3,(H2,19,20,21). The molecule has 1 saturated heterocycles. The number of hydrogen-bond acceptors (Lipinski definition) is 4. The molecule has 2 N–H and O–H groups in total. The van der Waals surface area contributed by atoms with E-state index in [1.807, 2.05) is 6.07 Å². The molecule has 0 spiro atoms. The first-order chi connectivity index (χ1) is 12.6. The Balaban J connectivity index is 1.65. The fourth-order valence-electron chi connectivity index (χ4n) is 3.05. The molecule has 1 aromatic rings. The van der Waals surface area contributed by atoms with Crippen molar-refractivity contribution in [1.29, 1.82) is 0 Å². The molecular formula is C18H31N5O2S. The van der Waals surface area contributed by atoms with Crippen molar-refractivity contribution in [1.82, 2.24) is 14.9 Å². The third-order valence-electron chi connectivity index (χ3n) is 4.48. The van der Waals surface area contributed by atoms with Crippen LogP contribution in [0.5, 0.6) is 0 Å². The summed E-state index contributed by atoms with van der Waals surface area (Å²) >= 11 is 0. The summed E-state index contributed by atoms with van der Waals surface area (Å²) in [6, 6.07) is 10.4. The smallest absolute Gasteiger partial charge is 0.214 e. The van der Waals surface area contributed by atoms with Crippen molar-refractivity contribution in [3.8, 4) is 0 Å². The van der Waals surface area contributed by atoms with Crippen molar-refractivity contribution in [2.75, 3.05) is 57.0 Å². The zero-order valence-corrected chi connectivity index (χ0v) is 16.6. The van der Waals surface area contributed by atoms with Gasteiger partial charge in [-0.2, -0.15) is 0 Å². The summed E-state index contributed by atoms with van der Waals surface area (Å²) in [5.74, 6) is 0.985. The van der Waals surface area contributed by atoms with Gasteiger partial charge in [-0.15, -0.1) is 0 Å². The SMILES string of the molecule is CCN(CCCNC(=NC)NCCN1CCCS1(=O)=O)c1ccccc1. The van der Waals surface area contributed by atoms with Gasteiger partial charge in [0.05, 0.1) is 5.75 Å². The van der Waals surface area contributed by atoms with Crippen LogP contribution in [0, 0.1) is 0 Å². The number of hydrogen-bond donors (Lipinski definition) is 2. The van der Waals surface area contributed by atoms with E-state index in [0.717, 1.165) is 32.5 Å². The number of aliphatic imine (C=N–C) groups is 1. The van der Waals surface area contributed by atoms with Gasteiger partial charge in [0.2, 0.25) is 10.0 Å². The normalized spacial score (nSPS) is 17.2. The quantitative estimate of drug-likeness (QED) is 0.381. The van der Waals surface area contributed by atoms with Gasteiger partial charge in [-0.3, -0.25) is 4.99 Å². The molecule has 0 aromatic heterocycles. The van der Waals surface area contributed by atoms with Gasteiger partial charge < -0.3 is 15.5 Å². The van der Waals surface area contributed by atoms with Crippen LogP contribution in [0.3, 0.4) is 0 Å². The fraction of sp³-hybridized carbons (Fsp3) is 0.611. The molecule has 1 aliphatic heterocycles. The first-order valence-electron chi connectivity index (χ1n) is 9.29. The Labute approximate surface area is 157 Å². The van der Waals surface area contributed by atoms with Gasteiger partial charge in [-0.05, 0) is 31.9 Å². The number of para-hydroxylation sites is 1. The number of nitrogens with one attached hydrogen (secondary N) is 2. The predicted molar refractivity (Wildman–Crippen MR) is 108 cm³/mol. The van der Waals surface area contributed by atoms with E-state index in [9.17, 15) is 8.42 Å². The van der Waals surface area contributed by atoms with E-state index in [2.05, 4.69) is 51.7 Å². The first kappa shape index (κ1) is 20.5. The van der Waals surface area contributed by atoms with Crippen LogP contribution in [-0.4, -0.2) is 70.8 Å². The van der Waals surface area contributed by atoms with Gasteiger partial charge in [0.15, 0.2) is 5.96 Å². The van der Waals surface area contributed by atoms with Gasteiger partial charge >= 0.3 is 0 Å². The molecule has 0 bridgehead atoms. The number of guanidine groups is 1. The van der Waals surface area contributed by atoms with E-state index in [1.54, 1.807) is 11.4 Å². The first-order valence-corrected chi connectivity index (χ1v) is 10.9. The zero-order chi connectivity index (χ0) is 18.8. The number of nitrogens with zero attached hydrogens (tertiary/aromatic N) is 3. The van der Waals surface area contributed by atoms with E-state index >= 15 is 0 Å². The average Bonchev–Trinajstić information content (AvgIpc) is 2.99. The minimum Gasteiger partial charge on any atom is -0.372 e. The Hall–Kier alpha value is -1.80. The van der Waals surface area contributed by atoms with Crippen molar-refractivity contribution < 1.29 is 8.42 Å². The summed E-state index contributed by atoms with van der Waals surface area (Å²) in [5, 5.41) is 6.48. The Morgan fingerprint density at radius 3 is 2.58 bits per heavy atom. The second-order valence-corrected chi connectivity index (χ2v) is 8.35. The molecular weight excluding hydrogens is 350 g/mol. The summed E-state index contributed by atoms with van der Waals surface area (Å²) < 4.78 is 25.1. The van der Waals surface area contributed by atoms with Crippen molar-refractivity contribution >= 4 is 21.7 Å². The monoisotopic (exact) mass is 381 g/mol. The van der Waals surface area contributed by atoms with Crippen LogP contribution in [-0.2, 0) is 10.0 Å². The highest BCUT2D eigenvalue weighted by atomic mass is 32.2. The maximum atomic E-state index is 11.8. The molecule has 0 unspecified atom stereocenters. The molecule has 2 rings (SSSR count). The lowest BCUT2D eigenvalue weighted by atomic mass is 10.2. The van der Waals surface area contributed by atoms with Gasteiger partial charge in [-0.25, -0.2) is 12.7 Å². The third-order valence-corrected chi connectivity index (χ3v) is 6.44. The van der Waals surface area contributed by atoms with E-state index < -0.39 is 10.0 Å². The second kappa shape index (κ2) is 10.4. The highest BCUT2D eigenvalue weighted by molar-refractivity contribution is 7.89. The lowest BCUT2D eigenvalue weighted by Crippen LogP contribution is -2.42. The lowest BCUT2D eigenvalue weighted by Gasteiger charge is -2.23. The van der Waals surface area contributed by atoms with Crippen LogP contribution in [0.25, 0.3) is 0 Å². The van der Waals surface area contributed by atoms with E-state index in [0.29, 0.717) is 25.6 Å². The van der Waals surface area contributed by atoms with Crippen LogP contribution in [0.15, 0.2) is 35.3 Å². The number of benzene rings is 1. The van der Waals surface area contributed by atoms with Crippen molar-refractivity contribution in [3.05, 3.63) is 30.3 Å². The van der Waals surface area contributed by atoms with E-state index in [4.69, 9.17) is 0 Å². The Morgan fingerprint density at radius 2 is 1.96 bits per heavy atom. The molecule has 26 heavy (non-hydrogen) atoms. The molecule has 0 atom stereocenters. The van der Waals surface area contributed by atoms with Crippen LogP contribution >= 0.6 is 0 Å². The molecule has 1 aliphatic rings. The molecule has 7 nitrogen and oxygen atoms in total. The molecule has 1 fully saturated rings. The van der Waals surface area contributed by atoms with Crippen molar-refractivity contribution in [2.45, 2.75) is 19.8 Å². The van der Waals surface area contributed by atoms with Gasteiger partial charge in [0, 0.05) is 52.0 Å². The molecule has 0 radical (unpaired) electrons. The maximum absolute atomic E-state index is 11.8. The zero-order valence-electron chi connectivity index (χ0n) is 15.8. The van der Waals surface area contributed by atoms with Crippen LogP contribution in [0.2, 0.25) is 0 Å². The molecule has 0 aliphatic carbocycles. The van der Waals surface area contributed by atoms with Crippen molar-refractivity contribution in [3.63, 3.8) is 0 Å². The summed E-state index contributed by atoms with van der Waals surface area (Å²) in [4.78, 5) is 6.54. The van der Waals surface area contributed by atoms with E-state index in [1.165, 1.54) is 5.69 Å². The minimum absolute atomic E-state index is 0.273. The fourth-order valence-corrected chi connectivity index (χ4v) is 4.58. The van der Waals surface area contributed by atoms with Crippen LogP contribution in [0.4, 0.5) is 5.69 Å². The number of anilines is 1. The second-order valence-electron chi connectivity index (χ2n) is 6.26. The largest absolute Gasteiger partial charge is 0.372 e. The van der Waals surface area contributed by atoms with Crippen LogP contribution in [0.1, 0.15) is 19.8 Å². The third kappa shape index (κ3) is 6.17. The van der Waals surface area contributed by atoms with Gasteiger partial charge in [-0.1, -0.05) is 18.2 Å². The highest BCUT2D eigenvalue weighted by Gasteiger charge is 2.27. The summed E-state index contributed by atoms with van der Waals surface area (Å²) in [6.45, 7) is 6.59. The molecule has 8 heteroatoms. The maximum Gasteiger partial charge on any atom is 0.214 e. The van der Waals surface area contributed by atoms with Crippen LogP contribution < -0.4 is 15.5 Å². The molecule has 146 valence electrons. The lowest BCUT2D eigenvalue weighted by molar-refractivity contribution is 0.445. The molecule has 1 heterocycles.